The van der Waals surface area contributed by atoms with Crippen LogP contribution in [0.5, 0.6) is 11.5 Å². The lowest BCUT2D eigenvalue weighted by Crippen LogP contribution is -2.30. The molecule has 1 fully saturated rings. The monoisotopic (exact) mass is 446 g/mol. The molecule has 1 amide bonds. The van der Waals surface area contributed by atoms with E-state index in [1.54, 1.807) is 4.90 Å². The highest BCUT2D eigenvalue weighted by molar-refractivity contribution is 7.89. The predicted molar refractivity (Wildman–Crippen MR) is 119 cm³/mol. The average Bonchev–Trinajstić information content (AvgIpc) is 3.32. The molecule has 0 aliphatic carbocycles. The van der Waals surface area contributed by atoms with Gasteiger partial charge < -0.3 is 14.4 Å². The summed E-state index contributed by atoms with van der Waals surface area (Å²) in [6.45, 7) is 3.79. The minimum absolute atomic E-state index is 0.0276. The predicted octanol–water partition coefficient (Wildman–Crippen LogP) is 3.24. The highest BCUT2D eigenvalue weighted by Gasteiger charge is 2.25. The fraction of sp³-hybridized carbons (Fsp3) is 0.435. The Balaban J connectivity index is 1.61. The molecule has 0 saturated carbocycles. The van der Waals surface area contributed by atoms with Crippen molar-refractivity contribution in [3.05, 3.63) is 53.6 Å². The average molecular weight is 447 g/mol. The van der Waals surface area contributed by atoms with Crippen molar-refractivity contribution in [3.63, 3.8) is 0 Å². The van der Waals surface area contributed by atoms with Crippen LogP contribution in [-0.2, 0) is 16.4 Å². The second kappa shape index (κ2) is 10.6. The lowest BCUT2D eigenvalue weighted by atomic mass is 10.1. The van der Waals surface area contributed by atoms with Gasteiger partial charge in [0.25, 0.3) is 5.91 Å². The Morgan fingerprint density at radius 1 is 1.10 bits per heavy atom. The minimum Gasteiger partial charge on any atom is -0.496 e. The molecular formula is C23H30N2O5S. The molecule has 2 aromatic rings. The standard InChI is InChI=1S/C23H30N2O5S/c1-3-6-18-7-9-19(10-8-18)30-16-13-24-31(27,28)20-11-12-22(29-2)21(17-20)23(26)25-14-4-5-15-25/h7-12,17,24H,3-6,13-16H2,1-2H3. The molecule has 168 valence electrons. The number of nitrogens with zero attached hydrogens (tertiary/aromatic N) is 1. The highest BCUT2D eigenvalue weighted by atomic mass is 32.2. The third kappa shape index (κ3) is 5.98. The van der Waals surface area contributed by atoms with Gasteiger partial charge in [-0.05, 0) is 55.2 Å². The number of nitrogens with one attached hydrogen (secondary N) is 1. The van der Waals surface area contributed by atoms with E-state index >= 15 is 0 Å². The largest absolute Gasteiger partial charge is 0.496 e. The van der Waals surface area contributed by atoms with Crippen LogP contribution in [0.3, 0.4) is 0 Å². The van der Waals surface area contributed by atoms with E-state index in [2.05, 4.69) is 11.6 Å². The number of rotatable bonds is 10. The number of carbonyl (C=O) groups is 1. The first-order valence-electron chi connectivity index (χ1n) is 10.6. The molecule has 1 saturated heterocycles. The molecule has 31 heavy (non-hydrogen) atoms. The van der Waals surface area contributed by atoms with Crippen molar-refractivity contribution in [1.29, 1.82) is 0 Å². The van der Waals surface area contributed by atoms with Crippen LogP contribution in [0.15, 0.2) is 47.4 Å². The van der Waals surface area contributed by atoms with Crippen molar-refractivity contribution in [1.82, 2.24) is 9.62 Å². The van der Waals surface area contributed by atoms with Crippen molar-refractivity contribution >= 4 is 15.9 Å². The Hall–Kier alpha value is -2.58. The van der Waals surface area contributed by atoms with Crippen molar-refractivity contribution in [2.24, 2.45) is 0 Å². The van der Waals surface area contributed by atoms with Gasteiger partial charge in [-0.2, -0.15) is 0 Å². The smallest absolute Gasteiger partial charge is 0.257 e. The van der Waals surface area contributed by atoms with Crippen LogP contribution < -0.4 is 14.2 Å². The summed E-state index contributed by atoms with van der Waals surface area (Å²) < 4.78 is 38.9. The molecule has 0 radical (unpaired) electrons. The van der Waals surface area contributed by atoms with E-state index in [-0.39, 0.29) is 29.5 Å². The van der Waals surface area contributed by atoms with Crippen LogP contribution in [0.1, 0.15) is 42.1 Å². The third-order valence-corrected chi connectivity index (χ3v) is 6.69. The van der Waals surface area contributed by atoms with Gasteiger partial charge in [0.1, 0.15) is 18.1 Å². The molecule has 8 heteroatoms. The molecule has 0 unspecified atom stereocenters. The summed E-state index contributed by atoms with van der Waals surface area (Å²) in [5, 5.41) is 0. The number of amides is 1. The SMILES string of the molecule is CCCc1ccc(OCCNS(=O)(=O)c2ccc(OC)c(C(=O)N3CCCC3)c2)cc1. The van der Waals surface area contributed by atoms with E-state index in [9.17, 15) is 13.2 Å². The number of likely N-dealkylation sites (tertiary alicyclic amines) is 1. The van der Waals surface area contributed by atoms with Crippen molar-refractivity contribution in [2.75, 3.05) is 33.4 Å². The zero-order chi connectivity index (χ0) is 22.3. The van der Waals surface area contributed by atoms with Crippen LogP contribution in [0, 0.1) is 0 Å². The van der Waals surface area contributed by atoms with Gasteiger partial charge in [0.2, 0.25) is 10.0 Å². The minimum atomic E-state index is -3.79. The first-order chi connectivity index (χ1) is 14.9. The Bertz CT molecular complexity index is 984. The fourth-order valence-electron chi connectivity index (χ4n) is 3.58. The van der Waals surface area contributed by atoms with Crippen LogP contribution in [-0.4, -0.2) is 52.6 Å². The molecule has 2 aromatic carbocycles. The number of hydrogen-bond donors (Lipinski definition) is 1. The molecule has 0 atom stereocenters. The van der Waals surface area contributed by atoms with Crippen molar-refractivity contribution in [2.45, 2.75) is 37.5 Å². The molecule has 0 spiro atoms. The third-order valence-electron chi connectivity index (χ3n) is 5.23. The molecule has 1 aliphatic heterocycles. The van der Waals surface area contributed by atoms with E-state index in [0.717, 1.165) is 25.7 Å². The van der Waals surface area contributed by atoms with Crippen molar-refractivity contribution < 1.29 is 22.7 Å². The molecule has 3 rings (SSSR count). The fourth-order valence-corrected chi connectivity index (χ4v) is 4.62. The Kier molecular flexibility index (Phi) is 7.92. The van der Waals surface area contributed by atoms with Gasteiger partial charge in [-0.1, -0.05) is 25.5 Å². The van der Waals surface area contributed by atoms with Gasteiger partial charge in [0.05, 0.1) is 17.6 Å². The molecule has 1 N–H and O–H groups in total. The first-order valence-corrected chi connectivity index (χ1v) is 12.1. The maximum absolute atomic E-state index is 12.8. The van der Waals surface area contributed by atoms with E-state index in [1.807, 2.05) is 24.3 Å². The second-order valence-corrected chi connectivity index (χ2v) is 9.27. The Morgan fingerprint density at radius 3 is 2.45 bits per heavy atom. The number of hydrogen-bond acceptors (Lipinski definition) is 5. The van der Waals surface area contributed by atoms with E-state index in [1.165, 1.54) is 30.9 Å². The zero-order valence-corrected chi connectivity index (χ0v) is 18.9. The highest BCUT2D eigenvalue weighted by Crippen LogP contribution is 2.25. The molecule has 1 heterocycles. The van der Waals surface area contributed by atoms with Gasteiger partial charge in [0, 0.05) is 19.6 Å². The second-order valence-electron chi connectivity index (χ2n) is 7.50. The van der Waals surface area contributed by atoms with Gasteiger partial charge in [-0.3, -0.25) is 4.79 Å². The molecular weight excluding hydrogens is 416 g/mol. The van der Waals surface area contributed by atoms with E-state index < -0.39 is 10.0 Å². The Morgan fingerprint density at radius 2 is 1.81 bits per heavy atom. The first kappa shape index (κ1) is 23.1. The van der Waals surface area contributed by atoms with Crippen LogP contribution in [0.2, 0.25) is 0 Å². The van der Waals surface area contributed by atoms with Gasteiger partial charge in [-0.15, -0.1) is 0 Å². The topological polar surface area (TPSA) is 84.9 Å². The summed E-state index contributed by atoms with van der Waals surface area (Å²) in [5.74, 6) is 0.856. The zero-order valence-electron chi connectivity index (χ0n) is 18.1. The van der Waals surface area contributed by atoms with Crippen molar-refractivity contribution in [3.8, 4) is 11.5 Å². The summed E-state index contributed by atoms with van der Waals surface area (Å²) in [4.78, 5) is 14.5. The lowest BCUT2D eigenvalue weighted by molar-refractivity contribution is 0.0789. The van der Waals surface area contributed by atoms with Gasteiger partial charge in [-0.25, -0.2) is 13.1 Å². The van der Waals surface area contributed by atoms with Crippen LogP contribution >= 0.6 is 0 Å². The number of benzene rings is 2. The Labute approximate surface area is 184 Å². The molecule has 0 aromatic heterocycles. The van der Waals surface area contributed by atoms with Gasteiger partial charge >= 0.3 is 0 Å². The van der Waals surface area contributed by atoms with E-state index in [4.69, 9.17) is 9.47 Å². The summed E-state index contributed by atoms with van der Waals surface area (Å²) in [6.07, 6.45) is 4.01. The number of carbonyl (C=O) groups excluding carboxylic acids is 1. The maximum atomic E-state index is 12.8. The normalized spacial score (nSPS) is 13.9. The van der Waals surface area contributed by atoms with E-state index in [0.29, 0.717) is 24.6 Å². The molecule has 0 bridgehead atoms. The summed E-state index contributed by atoms with van der Waals surface area (Å²) in [6, 6.07) is 12.1. The summed E-state index contributed by atoms with van der Waals surface area (Å²) >= 11 is 0. The van der Waals surface area contributed by atoms with Gasteiger partial charge in [0.15, 0.2) is 0 Å². The number of sulfonamides is 1. The summed E-state index contributed by atoms with van der Waals surface area (Å²) in [5.41, 5.74) is 1.50. The summed E-state index contributed by atoms with van der Waals surface area (Å²) in [7, 11) is -2.32. The molecule has 1 aliphatic rings. The quantitative estimate of drug-likeness (QED) is 0.567. The lowest BCUT2D eigenvalue weighted by Gasteiger charge is -2.18. The molecule has 7 nitrogen and oxygen atoms in total. The number of ether oxygens (including phenoxy) is 2. The number of methoxy groups -OCH3 is 1. The maximum Gasteiger partial charge on any atom is 0.257 e. The van der Waals surface area contributed by atoms with Crippen LogP contribution in [0.25, 0.3) is 0 Å². The van der Waals surface area contributed by atoms with Crippen LogP contribution in [0.4, 0.5) is 0 Å². The number of aryl methyl sites for hydroxylation is 1.